The smallest absolute Gasteiger partial charge is 0.308 e. The van der Waals surface area contributed by atoms with Crippen molar-refractivity contribution in [2.45, 2.75) is 18.8 Å². The molecule has 2 aliphatic heterocycles. The molecule has 0 saturated carbocycles. The molecule has 6 aromatic rings. The largest absolute Gasteiger partial charge is 0.481 e. The number of alkyl halides is 3. The highest BCUT2D eigenvalue weighted by Gasteiger charge is 2.36. The third-order valence-corrected chi connectivity index (χ3v) is 10.3. The van der Waals surface area contributed by atoms with Crippen molar-refractivity contribution in [1.82, 2.24) is 10.1 Å². The zero-order chi connectivity index (χ0) is 50.3. The molecule has 8 rings (SSSR count). The highest BCUT2D eigenvalue weighted by Crippen LogP contribution is 2.33. The topological polar surface area (TPSA) is 259 Å². The number of aliphatic hydroxyl groups excluding tert-OH is 1. The van der Waals surface area contributed by atoms with E-state index < -0.39 is 32.5 Å². The van der Waals surface area contributed by atoms with Crippen LogP contribution in [0, 0.1) is 22.7 Å². The minimum Gasteiger partial charge on any atom is -0.481 e. The number of amides is 2. The third-order valence-electron chi connectivity index (χ3n) is 9.79. The van der Waals surface area contributed by atoms with Crippen LogP contribution in [0.4, 0.5) is 24.5 Å². The normalized spacial score (nSPS) is 14.5. The molecule has 0 radical (unpaired) electrons. The van der Waals surface area contributed by atoms with Gasteiger partial charge >= 0.3 is 5.97 Å². The van der Waals surface area contributed by atoms with Crippen LogP contribution in [0.25, 0.3) is 11.4 Å². The number of nitrogens with zero attached hydrogens (tertiary/aromatic N) is 5. The van der Waals surface area contributed by atoms with Crippen LogP contribution in [0.1, 0.15) is 35.8 Å². The predicted octanol–water partition coefficient (Wildman–Crippen LogP) is 8.54. The molecule has 2 amide bonds. The fourth-order valence-corrected chi connectivity index (χ4v) is 6.62. The molecule has 2 unspecified atom stereocenters. The lowest BCUT2D eigenvalue weighted by Gasteiger charge is -2.15. The van der Waals surface area contributed by atoms with Gasteiger partial charge in [0.1, 0.15) is 17.2 Å². The second-order valence-electron chi connectivity index (χ2n) is 14.1. The van der Waals surface area contributed by atoms with Crippen molar-refractivity contribution in [1.29, 1.82) is 10.7 Å². The summed E-state index contributed by atoms with van der Waals surface area (Å²) in [6.07, 6.45) is 0.367. The molecular formula is C47H44Cl2F3N7O10. The first-order valence-corrected chi connectivity index (χ1v) is 21.0. The third kappa shape index (κ3) is 16.3. The average molecular weight is 995 g/mol. The van der Waals surface area contributed by atoms with Gasteiger partial charge in [0.05, 0.1) is 35.8 Å². The molecule has 0 bridgehead atoms. The summed E-state index contributed by atoms with van der Waals surface area (Å²) in [5, 5.41) is 44.9. The summed E-state index contributed by atoms with van der Waals surface area (Å²) in [5.74, 6) is 3.72. The molecule has 0 aliphatic carbocycles. The molecule has 17 nitrogen and oxygen atoms in total. The van der Waals surface area contributed by atoms with Crippen LogP contribution < -0.4 is 29.9 Å². The Morgan fingerprint density at radius 1 is 0.739 bits per heavy atom. The lowest BCUT2D eigenvalue weighted by Crippen LogP contribution is -2.25. The standard InChI is InChI=1S/C19H15ClFN3O3.C11H10ClNO3.C9H10FNO2.C8H6FNO.H3NO/c20-14-3-5-15(6-4-14)24-10-13(9-17(24)25)19-22-18(23-27-19)12-1-7-16(8-2-12)26-11-21;12-8-1-3-9(4-2-8)13-6-7(11(15)16)5-10(13)14;10-6-13-8-3-1-7(2-4-8)9(11)5-12;9-6-11-8-3-1-7(5-10)2-4-8;1-2/h1-8,13H,9-11H2;1-4,7H,5-6H2,(H,15,16);1-4,11-12H,5-6H2;1-4H,6H2;2H,1H2. The first-order chi connectivity index (χ1) is 33.3. The van der Waals surface area contributed by atoms with E-state index in [1.54, 1.807) is 114 Å². The quantitative estimate of drug-likeness (QED) is 0.0537. The van der Waals surface area contributed by atoms with E-state index >= 15 is 0 Å². The number of nitrogens with one attached hydrogen (secondary N) is 1. The fourth-order valence-electron chi connectivity index (χ4n) is 6.36. The molecule has 2 aliphatic rings. The monoisotopic (exact) mass is 993 g/mol. The van der Waals surface area contributed by atoms with Gasteiger partial charge in [0.2, 0.25) is 44.1 Å². The van der Waals surface area contributed by atoms with E-state index in [0.29, 0.717) is 68.8 Å². The number of hydrogen-bond acceptors (Lipinski definition) is 14. The summed E-state index contributed by atoms with van der Waals surface area (Å²) >= 11 is 11.6. The molecule has 2 atom stereocenters. The summed E-state index contributed by atoms with van der Waals surface area (Å²) in [6, 6.07) is 35.1. The molecule has 2 fully saturated rings. The number of benzene rings is 5. The lowest BCUT2D eigenvalue weighted by atomic mass is 10.1. The molecule has 3 heterocycles. The van der Waals surface area contributed by atoms with Crippen molar-refractivity contribution in [3.63, 3.8) is 0 Å². The molecule has 1 aromatic heterocycles. The summed E-state index contributed by atoms with van der Waals surface area (Å²) in [4.78, 5) is 42.4. The zero-order valence-corrected chi connectivity index (χ0v) is 37.8. The number of carboxylic acids is 1. The van der Waals surface area contributed by atoms with Crippen LogP contribution in [0.15, 0.2) is 126 Å². The second-order valence-corrected chi connectivity index (χ2v) is 15.0. The Labute approximate surface area is 403 Å². The maximum atomic E-state index is 12.4. The number of aliphatic carboxylic acids is 1. The summed E-state index contributed by atoms with van der Waals surface area (Å²) < 4.78 is 54.7. The van der Waals surface area contributed by atoms with Gasteiger partial charge in [0.15, 0.2) is 0 Å². The van der Waals surface area contributed by atoms with Crippen molar-refractivity contribution in [2.75, 3.05) is 50.1 Å². The van der Waals surface area contributed by atoms with Crippen molar-refractivity contribution < 1.29 is 61.7 Å². The number of aromatic nitrogens is 2. The predicted molar refractivity (Wildman–Crippen MR) is 248 cm³/mol. The van der Waals surface area contributed by atoms with Crippen molar-refractivity contribution >= 4 is 58.1 Å². The Hall–Kier alpha value is -7.54. The number of rotatable bonds is 13. The van der Waals surface area contributed by atoms with Crippen molar-refractivity contribution in [3.05, 3.63) is 148 Å². The van der Waals surface area contributed by atoms with Crippen molar-refractivity contribution in [3.8, 4) is 34.7 Å². The van der Waals surface area contributed by atoms with Gasteiger partial charge in [-0.3, -0.25) is 14.4 Å². The number of aliphatic hydroxyl groups is 1. The number of hydrogen-bond donors (Lipinski definition) is 5. The van der Waals surface area contributed by atoms with Crippen molar-refractivity contribution in [2.24, 2.45) is 11.8 Å². The first kappa shape index (κ1) is 54.1. The highest BCUT2D eigenvalue weighted by atomic mass is 35.5. The van der Waals surface area contributed by atoms with E-state index in [9.17, 15) is 27.6 Å². The number of anilines is 2. The minimum atomic E-state index is -0.926. The van der Waals surface area contributed by atoms with Gasteiger partial charge in [-0.1, -0.05) is 28.4 Å². The van der Waals surface area contributed by atoms with Gasteiger partial charge in [0, 0.05) is 52.9 Å². The van der Waals surface area contributed by atoms with Gasteiger partial charge < -0.3 is 49.4 Å². The molecule has 6 N–H and O–H groups in total. The van der Waals surface area contributed by atoms with E-state index in [0.717, 1.165) is 11.3 Å². The lowest BCUT2D eigenvalue weighted by molar-refractivity contribution is -0.141. The molecule has 362 valence electrons. The number of nitriles is 1. The molecule has 69 heavy (non-hydrogen) atoms. The Morgan fingerprint density at radius 3 is 1.62 bits per heavy atom. The Morgan fingerprint density at radius 2 is 1.19 bits per heavy atom. The maximum absolute atomic E-state index is 12.4. The van der Waals surface area contributed by atoms with Crippen LogP contribution >= 0.6 is 23.2 Å². The molecular weight excluding hydrogens is 950 g/mol. The fraction of sp³-hybridized carbons (Fsp3) is 0.213. The number of carbonyl (C=O) groups is 3. The van der Waals surface area contributed by atoms with Gasteiger partial charge in [-0.2, -0.15) is 10.2 Å². The van der Waals surface area contributed by atoms with Gasteiger partial charge in [-0.25, -0.2) is 19.1 Å². The van der Waals surface area contributed by atoms with E-state index in [1.807, 2.05) is 18.2 Å². The SMILES string of the molecule is N#Cc1ccc(OCF)cc1.N=C(CO)c1ccc(OCF)cc1.NO.O=C(O)C1CC(=O)N(c2ccc(Cl)cc2)C1.O=C1CC(c2nc(-c3ccc(OCF)cc3)no2)CN1c1ccc(Cl)cc1. The zero-order valence-electron chi connectivity index (χ0n) is 36.3. The minimum absolute atomic E-state index is 0.00482. The van der Waals surface area contributed by atoms with Crippen LogP contribution in [0.5, 0.6) is 17.2 Å². The molecule has 0 spiro atoms. The van der Waals surface area contributed by atoms with Crippen LogP contribution in [0.3, 0.4) is 0 Å². The summed E-state index contributed by atoms with van der Waals surface area (Å²) in [5.41, 5.74) is 3.47. The Kier molecular flexibility index (Phi) is 21.9. The van der Waals surface area contributed by atoms with Crippen LogP contribution in [0.2, 0.25) is 10.0 Å². The van der Waals surface area contributed by atoms with Crippen LogP contribution in [-0.2, 0) is 14.4 Å². The number of ether oxygens (including phenoxy) is 3. The number of carbonyl (C=O) groups excluding carboxylic acids is 2. The van der Waals surface area contributed by atoms with E-state index in [1.165, 1.54) is 4.90 Å². The van der Waals surface area contributed by atoms with E-state index in [4.69, 9.17) is 58.6 Å². The molecule has 22 heteroatoms. The number of carboxylic acid groups (broad SMARTS) is 1. The van der Waals surface area contributed by atoms with E-state index in [-0.39, 0.29) is 43.0 Å². The van der Waals surface area contributed by atoms with Crippen LogP contribution in [-0.4, -0.2) is 89.3 Å². The first-order valence-electron chi connectivity index (χ1n) is 20.3. The van der Waals surface area contributed by atoms with Gasteiger partial charge in [-0.15, -0.1) is 0 Å². The van der Waals surface area contributed by atoms with E-state index in [2.05, 4.69) is 25.5 Å². The molecule has 2 saturated heterocycles. The Balaban J connectivity index is 0.000000212. The van der Waals surface area contributed by atoms with Gasteiger partial charge in [-0.05, 0) is 127 Å². The Bertz CT molecular complexity index is 2610. The summed E-state index contributed by atoms with van der Waals surface area (Å²) in [7, 11) is 0. The highest BCUT2D eigenvalue weighted by molar-refractivity contribution is 6.31. The van der Waals surface area contributed by atoms with Gasteiger partial charge in [0.25, 0.3) is 0 Å². The second kappa shape index (κ2) is 27.9. The summed E-state index contributed by atoms with van der Waals surface area (Å²) in [6.45, 7) is -2.20. The number of nitrogens with two attached hydrogens (primary N) is 1. The average Bonchev–Trinajstić information content (AvgIpc) is 4.13. The maximum Gasteiger partial charge on any atom is 0.308 e. The number of halogens is 5. The molecule has 5 aromatic carbocycles.